The van der Waals surface area contributed by atoms with E-state index in [0.717, 1.165) is 6.07 Å². The Balaban J connectivity index is 3.15. The van der Waals surface area contributed by atoms with Crippen molar-refractivity contribution < 1.29 is 18.3 Å². The van der Waals surface area contributed by atoms with Crippen LogP contribution in [0.4, 0.5) is 18.9 Å². The molecule has 0 radical (unpaired) electrons. The van der Waals surface area contributed by atoms with Crippen LogP contribution < -0.4 is 5.73 Å². The highest BCUT2D eigenvalue weighted by Gasteiger charge is 2.33. The van der Waals surface area contributed by atoms with E-state index in [1.807, 2.05) is 0 Å². The van der Waals surface area contributed by atoms with Gasteiger partial charge in [-0.1, -0.05) is 0 Å². The highest BCUT2D eigenvalue weighted by atomic mass is 19.4. The molecule has 0 saturated heterocycles. The molecule has 0 spiro atoms. The number of rotatable bonds is 2. The van der Waals surface area contributed by atoms with Crippen molar-refractivity contribution in [2.45, 2.75) is 25.6 Å². The fourth-order valence-electron chi connectivity index (χ4n) is 1.38. The molecular formula is C10H12F3NO. The maximum absolute atomic E-state index is 12.5. The molecule has 0 aliphatic heterocycles. The summed E-state index contributed by atoms with van der Waals surface area (Å²) in [7, 11) is 0. The first-order chi connectivity index (χ1) is 6.80. The Bertz CT molecular complexity index is 347. The van der Waals surface area contributed by atoms with Crippen molar-refractivity contribution in [1.29, 1.82) is 0 Å². The van der Waals surface area contributed by atoms with Gasteiger partial charge in [-0.2, -0.15) is 13.2 Å². The molecule has 0 fully saturated rings. The fourth-order valence-corrected chi connectivity index (χ4v) is 1.38. The molecule has 0 amide bonds. The van der Waals surface area contributed by atoms with Gasteiger partial charge in [-0.25, -0.2) is 0 Å². The van der Waals surface area contributed by atoms with E-state index in [-0.39, 0.29) is 17.7 Å². The average molecular weight is 219 g/mol. The summed E-state index contributed by atoms with van der Waals surface area (Å²) in [5, 5.41) is 9.08. The number of benzene rings is 1. The summed E-state index contributed by atoms with van der Waals surface area (Å²) < 4.78 is 37.5. The van der Waals surface area contributed by atoms with Crippen LogP contribution in [-0.2, 0) is 12.6 Å². The van der Waals surface area contributed by atoms with Gasteiger partial charge in [0.1, 0.15) is 0 Å². The molecule has 1 unspecified atom stereocenters. The van der Waals surface area contributed by atoms with Crippen LogP contribution in [0, 0.1) is 0 Å². The van der Waals surface area contributed by atoms with Crippen molar-refractivity contribution in [1.82, 2.24) is 0 Å². The third kappa shape index (κ3) is 3.13. The lowest BCUT2D eigenvalue weighted by molar-refractivity contribution is -0.138. The molecule has 0 aliphatic carbocycles. The van der Waals surface area contributed by atoms with Crippen LogP contribution in [-0.4, -0.2) is 11.2 Å². The highest BCUT2D eigenvalue weighted by molar-refractivity contribution is 5.46. The molecule has 1 aromatic rings. The van der Waals surface area contributed by atoms with Gasteiger partial charge in [0.05, 0.1) is 11.7 Å². The predicted octanol–water partition coefficient (Wildman–Crippen LogP) is 2.21. The van der Waals surface area contributed by atoms with Gasteiger partial charge in [0, 0.05) is 5.69 Å². The minimum Gasteiger partial charge on any atom is -0.399 e. The zero-order chi connectivity index (χ0) is 11.6. The molecule has 0 aliphatic rings. The molecular weight excluding hydrogens is 207 g/mol. The van der Waals surface area contributed by atoms with Gasteiger partial charge >= 0.3 is 6.18 Å². The van der Waals surface area contributed by atoms with E-state index < -0.39 is 17.8 Å². The van der Waals surface area contributed by atoms with E-state index in [9.17, 15) is 13.2 Å². The SMILES string of the molecule is CC(O)Cc1cc(N)ccc1C(F)(F)F. The molecule has 5 heteroatoms. The number of alkyl halides is 3. The van der Waals surface area contributed by atoms with Crippen molar-refractivity contribution in [2.24, 2.45) is 0 Å². The Labute approximate surface area is 85.5 Å². The van der Waals surface area contributed by atoms with Crippen molar-refractivity contribution in [3.63, 3.8) is 0 Å². The Morgan fingerprint density at radius 2 is 2.00 bits per heavy atom. The minimum atomic E-state index is -4.40. The van der Waals surface area contributed by atoms with E-state index in [1.54, 1.807) is 0 Å². The lowest BCUT2D eigenvalue weighted by Gasteiger charge is -2.14. The van der Waals surface area contributed by atoms with Crippen LogP contribution in [0.1, 0.15) is 18.1 Å². The van der Waals surface area contributed by atoms with Gasteiger partial charge in [-0.15, -0.1) is 0 Å². The number of anilines is 1. The number of hydrogen-bond acceptors (Lipinski definition) is 2. The third-order valence-corrected chi connectivity index (χ3v) is 1.95. The van der Waals surface area contributed by atoms with Crippen LogP contribution in [0.25, 0.3) is 0 Å². The average Bonchev–Trinajstić information content (AvgIpc) is 1.99. The van der Waals surface area contributed by atoms with Gasteiger partial charge in [-0.3, -0.25) is 0 Å². The fraction of sp³-hybridized carbons (Fsp3) is 0.400. The second-order valence-electron chi connectivity index (χ2n) is 3.47. The molecule has 1 rings (SSSR count). The molecule has 0 bridgehead atoms. The van der Waals surface area contributed by atoms with Crippen LogP contribution >= 0.6 is 0 Å². The van der Waals surface area contributed by atoms with E-state index in [1.165, 1.54) is 19.1 Å². The summed E-state index contributed by atoms with van der Waals surface area (Å²) in [6.07, 6.45) is -5.29. The van der Waals surface area contributed by atoms with E-state index in [2.05, 4.69) is 0 Å². The maximum Gasteiger partial charge on any atom is 0.416 e. The summed E-state index contributed by atoms with van der Waals surface area (Å²) in [5.74, 6) is 0. The van der Waals surface area contributed by atoms with E-state index in [4.69, 9.17) is 10.8 Å². The highest BCUT2D eigenvalue weighted by Crippen LogP contribution is 2.33. The first-order valence-corrected chi connectivity index (χ1v) is 4.44. The van der Waals surface area contributed by atoms with Crippen molar-refractivity contribution in [2.75, 3.05) is 5.73 Å². The maximum atomic E-state index is 12.5. The molecule has 0 aromatic heterocycles. The van der Waals surface area contributed by atoms with Gasteiger partial charge in [0.15, 0.2) is 0 Å². The zero-order valence-electron chi connectivity index (χ0n) is 8.17. The molecule has 1 aromatic carbocycles. The van der Waals surface area contributed by atoms with Gasteiger partial charge < -0.3 is 10.8 Å². The molecule has 3 N–H and O–H groups in total. The second-order valence-corrected chi connectivity index (χ2v) is 3.47. The normalized spacial score (nSPS) is 13.9. The van der Waals surface area contributed by atoms with Crippen molar-refractivity contribution in [3.05, 3.63) is 29.3 Å². The monoisotopic (exact) mass is 219 g/mol. The van der Waals surface area contributed by atoms with Gasteiger partial charge in [0.25, 0.3) is 0 Å². The molecule has 2 nitrogen and oxygen atoms in total. The number of halogens is 3. The van der Waals surface area contributed by atoms with Crippen LogP contribution in [0.5, 0.6) is 0 Å². The summed E-state index contributed by atoms with van der Waals surface area (Å²) in [6, 6.07) is 3.39. The number of hydrogen-bond donors (Lipinski definition) is 2. The predicted molar refractivity (Wildman–Crippen MR) is 51.2 cm³/mol. The Hall–Kier alpha value is -1.23. The number of aliphatic hydroxyl groups excluding tert-OH is 1. The zero-order valence-corrected chi connectivity index (χ0v) is 8.17. The minimum absolute atomic E-state index is 0.0255. The van der Waals surface area contributed by atoms with Crippen LogP contribution in [0.2, 0.25) is 0 Å². The first-order valence-electron chi connectivity index (χ1n) is 4.44. The van der Waals surface area contributed by atoms with Gasteiger partial charge in [0.2, 0.25) is 0 Å². The first kappa shape index (κ1) is 11.8. The van der Waals surface area contributed by atoms with E-state index >= 15 is 0 Å². The Morgan fingerprint density at radius 1 is 1.40 bits per heavy atom. The molecule has 15 heavy (non-hydrogen) atoms. The largest absolute Gasteiger partial charge is 0.416 e. The summed E-state index contributed by atoms with van der Waals surface area (Å²) in [5.41, 5.74) is 4.95. The van der Waals surface area contributed by atoms with Crippen LogP contribution in [0.3, 0.4) is 0 Å². The lowest BCUT2D eigenvalue weighted by Crippen LogP contribution is -2.13. The quantitative estimate of drug-likeness (QED) is 0.749. The second kappa shape index (κ2) is 4.10. The lowest BCUT2D eigenvalue weighted by atomic mass is 10.0. The van der Waals surface area contributed by atoms with Crippen LogP contribution in [0.15, 0.2) is 18.2 Å². The smallest absolute Gasteiger partial charge is 0.399 e. The molecule has 1 atom stereocenters. The van der Waals surface area contributed by atoms with Gasteiger partial charge in [-0.05, 0) is 37.1 Å². The topological polar surface area (TPSA) is 46.2 Å². The van der Waals surface area contributed by atoms with Crippen molar-refractivity contribution >= 4 is 5.69 Å². The van der Waals surface area contributed by atoms with Crippen molar-refractivity contribution in [3.8, 4) is 0 Å². The summed E-state index contributed by atoms with van der Waals surface area (Å²) in [4.78, 5) is 0. The number of nitrogens with two attached hydrogens (primary N) is 1. The Morgan fingerprint density at radius 3 is 2.47 bits per heavy atom. The summed E-state index contributed by atoms with van der Waals surface area (Å²) in [6.45, 7) is 1.43. The Kier molecular flexibility index (Phi) is 3.24. The molecule has 84 valence electrons. The molecule has 0 saturated carbocycles. The number of aliphatic hydroxyl groups is 1. The number of nitrogen functional groups attached to an aromatic ring is 1. The summed E-state index contributed by atoms with van der Waals surface area (Å²) >= 11 is 0. The van der Waals surface area contributed by atoms with E-state index in [0.29, 0.717) is 0 Å². The standard InChI is InChI=1S/C10H12F3NO/c1-6(15)4-7-5-8(14)2-3-9(7)10(11,12)13/h2-3,5-6,15H,4,14H2,1H3. The third-order valence-electron chi connectivity index (χ3n) is 1.95. The molecule has 0 heterocycles.